The Labute approximate surface area is 136 Å². The molecule has 128 valence electrons. The van der Waals surface area contributed by atoms with E-state index < -0.39 is 0 Å². The second-order valence-electron chi connectivity index (χ2n) is 6.48. The summed E-state index contributed by atoms with van der Waals surface area (Å²) in [5, 5.41) is 9.63. The average molecular weight is 322 g/mol. The van der Waals surface area contributed by atoms with Crippen molar-refractivity contribution >= 4 is 11.8 Å². The quantitative estimate of drug-likeness (QED) is 0.802. The number of nitrogens with zero attached hydrogens (tertiary/aromatic N) is 2. The molecule has 2 rings (SSSR count). The van der Waals surface area contributed by atoms with Crippen molar-refractivity contribution in [3.05, 3.63) is 11.7 Å². The third kappa shape index (κ3) is 5.33. The molecule has 1 aromatic rings. The molecule has 23 heavy (non-hydrogen) atoms. The summed E-state index contributed by atoms with van der Waals surface area (Å²) in [6, 6.07) is -0.0716. The molecule has 1 heterocycles. The van der Waals surface area contributed by atoms with Crippen LogP contribution in [0.3, 0.4) is 0 Å². The molecule has 7 heteroatoms. The third-order valence-electron chi connectivity index (χ3n) is 4.02. The van der Waals surface area contributed by atoms with Gasteiger partial charge in [-0.3, -0.25) is 9.59 Å². The van der Waals surface area contributed by atoms with Crippen LogP contribution >= 0.6 is 0 Å². The lowest BCUT2D eigenvalue weighted by Gasteiger charge is -2.12. The first-order chi connectivity index (χ1) is 11.0. The number of amides is 2. The van der Waals surface area contributed by atoms with Crippen molar-refractivity contribution in [2.75, 3.05) is 0 Å². The summed E-state index contributed by atoms with van der Waals surface area (Å²) in [6.45, 7) is 5.73. The van der Waals surface area contributed by atoms with E-state index >= 15 is 0 Å². The van der Waals surface area contributed by atoms with Crippen LogP contribution in [0.15, 0.2) is 4.52 Å². The predicted octanol–water partition coefficient (Wildman–Crippen LogP) is 2.21. The minimum atomic E-state index is -0.361. The maximum Gasteiger partial charge on any atom is 0.248 e. The first kappa shape index (κ1) is 17.4. The molecule has 1 unspecified atom stereocenters. The molecule has 2 amide bonds. The van der Waals surface area contributed by atoms with Gasteiger partial charge < -0.3 is 15.2 Å². The normalized spacial score (nSPS) is 16.5. The van der Waals surface area contributed by atoms with Gasteiger partial charge in [0.05, 0.1) is 0 Å². The van der Waals surface area contributed by atoms with E-state index in [-0.39, 0.29) is 42.7 Å². The lowest BCUT2D eigenvalue weighted by Crippen LogP contribution is -2.34. The molecule has 1 atom stereocenters. The maximum atomic E-state index is 11.9. The fraction of sp³-hybridized carbons (Fsp3) is 0.750. The highest BCUT2D eigenvalue weighted by atomic mass is 16.5. The predicted molar refractivity (Wildman–Crippen MR) is 84.6 cm³/mol. The lowest BCUT2D eigenvalue weighted by molar-refractivity contribution is -0.127. The molecule has 1 fully saturated rings. The Balaban J connectivity index is 1.71. The van der Waals surface area contributed by atoms with Crippen LogP contribution < -0.4 is 10.6 Å². The van der Waals surface area contributed by atoms with E-state index in [2.05, 4.69) is 20.8 Å². The number of aromatic nitrogens is 2. The van der Waals surface area contributed by atoms with Crippen LogP contribution in [0.1, 0.15) is 83.0 Å². The van der Waals surface area contributed by atoms with Crippen molar-refractivity contribution in [2.24, 2.45) is 0 Å². The fourth-order valence-corrected chi connectivity index (χ4v) is 2.63. The maximum absolute atomic E-state index is 11.9. The first-order valence-corrected chi connectivity index (χ1v) is 8.38. The van der Waals surface area contributed by atoms with E-state index in [0.29, 0.717) is 11.7 Å². The van der Waals surface area contributed by atoms with Crippen molar-refractivity contribution in [1.82, 2.24) is 20.8 Å². The lowest BCUT2D eigenvalue weighted by atomic mass is 10.2. The highest BCUT2D eigenvalue weighted by molar-refractivity contribution is 5.83. The Morgan fingerprint density at radius 1 is 1.17 bits per heavy atom. The topological polar surface area (TPSA) is 97.1 Å². The van der Waals surface area contributed by atoms with Gasteiger partial charge in [-0.25, -0.2) is 0 Å². The summed E-state index contributed by atoms with van der Waals surface area (Å²) in [4.78, 5) is 28.0. The van der Waals surface area contributed by atoms with E-state index in [4.69, 9.17) is 4.52 Å². The van der Waals surface area contributed by atoms with Crippen molar-refractivity contribution in [1.29, 1.82) is 0 Å². The van der Waals surface area contributed by atoms with Gasteiger partial charge in [0.15, 0.2) is 5.82 Å². The molecule has 1 aliphatic carbocycles. The van der Waals surface area contributed by atoms with Gasteiger partial charge in [0.2, 0.25) is 17.7 Å². The zero-order valence-corrected chi connectivity index (χ0v) is 14.1. The van der Waals surface area contributed by atoms with Gasteiger partial charge in [0.1, 0.15) is 6.04 Å². The Morgan fingerprint density at radius 2 is 1.83 bits per heavy atom. The van der Waals surface area contributed by atoms with E-state index in [0.717, 1.165) is 12.8 Å². The molecule has 1 aromatic heterocycles. The number of rotatable bonds is 7. The molecule has 0 spiro atoms. The molecular weight excluding hydrogens is 296 g/mol. The second-order valence-corrected chi connectivity index (χ2v) is 6.48. The van der Waals surface area contributed by atoms with E-state index in [9.17, 15) is 9.59 Å². The van der Waals surface area contributed by atoms with Crippen molar-refractivity contribution in [3.8, 4) is 0 Å². The number of nitrogens with one attached hydrogen (secondary N) is 2. The Hall–Kier alpha value is -1.92. The molecule has 0 aliphatic heterocycles. The summed E-state index contributed by atoms with van der Waals surface area (Å²) >= 11 is 0. The van der Waals surface area contributed by atoms with Crippen LogP contribution in [-0.2, 0) is 9.59 Å². The summed E-state index contributed by atoms with van der Waals surface area (Å²) in [7, 11) is 0. The van der Waals surface area contributed by atoms with Gasteiger partial charge in [-0.1, -0.05) is 31.8 Å². The highest BCUT2D eigenvalue weighted by Gasteiger charge is 2.20. The third-order valence-corrected chi connectivity index (χ3v) is 4.02. The molecule has 2 N–H and O–H groups in total. The van der Waals surface area contributed by atoms with Crippen molar-refractivity contribution in [3.63, 3.8) is 0 Å². The van der Waals surface area contributed by atoms with Crippen molar-refractivity contribution in [2.45, 2.75) is 77.3 Å². The Morgan fingerprint density at radius 3 is 2.43 bits per heavy atom. The van der Waals surface area contributed by atoms with Crippen molar-refractivity contribution < 1.29 is 14.1 Å². The van der Waals surface area contributed by atoms with E-state index in [1.54, 1.807) is 6.92 Å². The monoisotopic (exact) mass is 322 g/mol. The summed E-state index contributed by atoms with van der Waals surface area (Å²) in [6.07, 6.45) is 4.80. The number of hydrogen-bond donors (Lipinski definition) is 2. The first-order valence-electron chi connectivity index (χ1n) is 8.38. The van der Waals surface area contributed by atoms with Crippen LogP contribution in [0.5, 0.6) is 0 Å². The summed E-state index contributed by atoms with van der Waals surface area (Å²) < 4.78 is 5.15. The van der Waals surface area contributed by atoms with Gasteiger partial charge in [-0.2, -0.15) is 4.98 Å². The van der Waals surface area contributed by atoms with Crippen LogP contribution in [0.25, 0.3) is 0 Å². The molecule has 0 bridgehead atoms. The Bertz CT molecular complexity index is 535. The van der Waals surface area contributed by atoms with Crippen LogP contribution in [-0.4, -0.2) is 28.0 Å². The second kappa shape index (κ2) is 8.08. The van der Waals surface area contributed by atoms with E-state index in [1.165, 1.54) is 12.8 Å². The zero-order chi connectivity index (χ0) is 16.8. The molecule has 0 aromatic carbocycles. The van der Waals surface area contributed by atoms with Gasteiger partial charge >= 0.3 is 0 Å². The largest absolute Gasteiger partial charge is 0.353 e. The van der Waals surface area contributed by atoms with Gasteiger partial charge in [-0.15, -0.1) is 0 Å². The smallest absolute Gasteiger partial charge is 0.248 e. The van der Waals surface area contributed by atoms with Crippen LogP contribution in [0, 0.1) is 0 Å². The standard InChI is InChI=1S/C16H26N4O3/c1-10(2)15-19-16(23-20-15)11(3)17-13(21)8-9-14(22)18-12-6-4-5-7-12/h10-12H,4-9H2,1-3H3,(H,17,21)(H,18,22). The average Bonchev–Trinajstić information content (AvgIpc) is 3.16. The number of carbonyl (C=O) groups excluding carboxylic acids is 2. The molecule has 0 saturated heterocycles. The fourth-order valence-electron chi connectivity index (χ4n) is 2.63. The molecule has 1 saturated carbocycles. The summed E-state index contributed by atoms with van der Waals surface area (Å²) in [5.74, 6) is 0.937. The van der Waals surface area contributed by atoms with Gasteiger partial charge in [0, 0.05) is 24.8 Å². The van der Waals surface area contributed by atoms with Crippen LogP contribution in [0.4, 0.5) is 0 Å². The van der Waals surface area contributed by atoms with Gasteiger partial charge in [-0.05, 0) is 19.8 Å². The zero-order valence-electron chi connectivity index (χ0n) is 14.1. The highest BCUT2D eigenvalue weighted by Crippen LogP contribution is 2.18. The molecule has 1 aliphatic rings. The molecular formula is C16H26N4O3. The SMILES string of the molecule is CC(C)c1noc(C(C)NC(=O)CCC(=O)NC2CCCC2)n1. The van der Waals surface area contributed by atoms with Gasteiger partial charge in [0.25, 0.3) is 0 Å². The van der Waals surface area contributed by atoms with Crippen LogP contribution in [0.2, 0.25) is 0 Å². The molecule has 7 nitrogen and oxygen atoms in total. The Kier molecular flexibility index (Phi) is 6.12. The molecule has 0 radical (unpaired) electrons. The van der Waals surface area contributed by atoms with E-state index in [1.807, 2.05) is 13.8 Å². The number of carbonyl (C=O) groups is 2. The summed E-state index contributed by atoms with van der Waals surface area (Å²) in [5.41, 5.74) is 0. The number of hydrogen-bond acceptors (Lipinski definition) is 5. The minimum Gasteiger partial charge on any atom is -0.353 e. The minimum absolute atomic E-state index is 0.0559.